The normalized spacial score (nSPS) is 11.7. The third-order valence-electron chi connectivity index (χ3n) is 2.62. The molecule has 3 rings (SSSR count). The summed E-state index contributed by atoms with van der Waals surface area (Å²) in [4.78, 5) is 4.23. The van der Waals surface area contributed by atoms with Crippen molar-refractivity contribution in [1.29, 1.82) is 0 Å². The van der Waals surface area contributed by atoms with Gasteiger partial charge in [0.25, 0.3) is 10.0 Å². The molecule has 10 heteroatoms. The van der Waals surface area contributed by atoms with E-state index >= 15 is 0 Å². The SMILES string of the molecule is NCc1ccc(-c2csc(NS(=O)(=O)c3cn[nH]c3)n2)o1. The van der Waals surface area contributed by atoms with Crippen LogP contribution in [0.25, 0.3) is 11.5 Å². The van der Waals surface area contributed by atoms with E-state index in [0.717, 1.165) is 11.3 Å². The van der Waals surface area contributed by atoms with Gasteiger partial charge in [-0.3, -0.25) is 9.82 Å². The highest BCUT2D eigenvalue weighted by molar-refractivity contribution is 7.93. The summed E-state index contributed by atoms with van der Waals surface area (Å²) < 4.78 is 31.9. The van der Waals surface area contributed by atoms with Gasteiger partial charge in [-0.05, 0) is 12.1 Å². The number of nitrogens with one attached hydrogen (secondary N) is 2. The van der Waals surface area contributed by atoms with E-state index in [4.69, 9.17) is 10.2 Å². The molecule has 0 aromatic carbocycles. The smallest absolute Gasteiger partial charge is 0.266 e. The Kier molecular flexibility index (Phi) is 3.49. The molecule has 0 aliphatic carbocycles. The number of H-pyrrole nitrogens is 1. The molecule has 8 nitrogen and oxygen atoms in total. The Morgan fingerprint density at radius 1 is 1.43 bits per heavy atom. The fourth-order valence-electron chi connectivity index (χ4n) is 1.62. The summed E-state index contributed by atoms with van der Waals surface area (Å²) in [6.45, 7) is 0.296. The Labute approximate surface area is 124 Å². The summed E-state index contributed by atoms with van der Waals surface area (Å²) in [5.74, 6) is 1.18. The summed E-state index contributed by atoms with van der Waals surface area (Å²) in [5.41, 5.74) is 6.02. The maximum absolute atomic E-state index is 12.0. The second-order valence-corrected chi connectivity index (χ2v) is 6.59. The summed E-state index contributed by atoms with van der Waals surface area (Å²) >= 11 is 1.16. The standard InChI is InChI=1S/C11H11N5O3S2/c12-3-7-1-2-10(19-7)9-6-20-11(15-9)16-21(17,18)8-4-13-14-5-8/h1-2,4-6H,3,12H2,(H,13,14)(H,15,16). The Morgan fingerprint density at radius 2 is 2.29 bits per heavy atom. The lowest BCUT2D eigenvalue weighted by atomic mass is 10.3. The Morgan fingerprint density at radius 3 is 2.95 bits per heavy atom. The zero-order valence-corrected chi connectivity index (χ0v) is 12.2. The quantitative estimate of drug-likeness (QED) is 0.650. The van der Waals surface area contributed by atoms with E-state index in [1.165, 1.54) is 12.4 Å². The molecule has 4 N–H and O–H groups in total. The monoisotopic (exact) mass is 325 g/mol. The highest BCUT2D eigenvalue weighted by Gasteiger charge is 2.18. The number of nitrogens with two attached hydrogens (primary N) is 1. The molecule has 0 amide bonds. The third kappa shape index (κ3) is 2.82. The van der Waals surface area contributed by atoms with Crippen LogP contribution in [0.15, 0.2) is 39.2 Å². The average molecular weight is 325 g/mol. The molecular formula is C11H11N5O3S2. The zero-order valence-electron chi connectivity index (χ0n) is 10.6. The first kappa shape index (κ1) is 13.8. The van der Waals surface area contributed by atoms with E-state index in [0.29, 0.717) is 23.8 Å². The first-order valence-corrected chi connectivity index (χ1v) is 8.21. The van der Waals surface area contributed by atoms with Crippen molar-refractivity contribution in [2.45, 2.75) is 11.4 Å². The minimum atomic E-state index is -3.68. The number of sulfonamides is 1. The van der Waals surface area contributed by atoms with Gasteiger partial charge in [-0.1, -0.05) is 0 Å². The number of anilines is 1. The number of hydrogen-bond donors (Lipinski definition) is 3. The molecular weight excluding hydrogens is 314 g/mol. The number of aromatic amines is 1. The van der Waals surface area contributed by atoms with Gasteiger partial charge < -0.3 is 10.2 Å². The van der Waals surface area contributed by atoms with Crippen LogP contribution in [0.4, 0.5) is 5.13 Å². The maximum atomic E-state index is 12.0. The van der Waals surface area contributed by atoms with Crippen molar-refractivity contribution in [3.63, 3.8) is 0 Å². The lowest BCUT2D eigenvalue weighted by Crippen LogP contribution is -2.11. The van der Waals surface area contributed by atoms with Crippen molar-refractivity contribution < 1.29 is 12.8 Å². The average Bonchev–Trinajstić information content (AvgIpc) is 3.19. The summed E-state index contributed by atoms with van der Waals surface area (Å²) in [6, 6.07) is 3.50. The second kappa shape index (κ2) is 5.31. The fraction of sp³-hybridized carbons (Fsp3) is 0.0909. The molecule has 0 aliphatic heterocycles. The highest BCUT2D eigenvalue weighted by atomic mass is 32.2. The third-order valence-corrected chi connectivity index (χ3v) is 4.82. The van der Waals surface area contributed by atoms with E-state index in [9.17, 15) is 8.42 Å². The van der Waals surface area contributed by atoms with Crippen LogP contribution in [0.5, 0.6) is 0 Å². The predicted molar refractivity (Wildman–Crippen MR) is 77.1 cm³/mol. The van der Waals surface area contributed by atoms with Crippen LogP contribution in [-0.4, -0.2) is 23.6 Å². The number of nitrogens with zero attached hydrogens (tertiary/aromatic N) is 2. The van der Waals surface area contributed by atoms with Crippen molar-refractivity contribution in [2.75, 3.05) is 4.72 Å². The molecule has 3 aromatic rings. The van der Waals surface area contributed by atoms with Crippen molar-refractivity contribution in [3.05, 3.63) is 35.7 Å². The molecule has 0 radical (unpaired) electrons. The van der Waals surface area contributed by atoms with Crippen LogP contribution < -0.4 is 10.5 Å². The summed E-state index contributed by atoms with van der Waals surface area (Å²) in [7, 11) is -3.68. The van der Waals surface area contributed by atoms with Crippen molar-refractivity contribution in [2.24, 2.45) is 5.73 Å². The Balaban J connectivity index is 1.82. The van der Waals surface area contributed by atoms with E-state index in [2.05, 4.69) is 19.9 Å². The summed E-state index contributed by atoms with van der Waals surface area (Å²) in [5, 5.41) is 8.00. The first-order chi connectivity index (χ1) is 10.1. The lowest BCUT2D eigenvalue weighted by molar-refractivity contribution is 0.524. The minimum absolute atomic E-state index is 0.0441. The van der Waals surface area contributed by atoms with Crippen molar-refractivity contribution in [1.82, 2.24) is 15.2 Å². The molecule has 110 valence electrons. The van der Waals surface area contributed by atoms with E-state index < -0.39 is 10.0 Å². The molecule has 0 saturated carbocycles. The predicted octanol–water partition coefficient (Wildman–Crippen LogP) is 1.39. The van der Waals surface area contributed by atoms with Gasteiger partial charge in [0.2, 0.25) is 0 Å². The zero-order chi connectivity index (χ0) is 14.9. The Hall–Kier alpha value is -2.17. The van der Waals surface area contributed by atoms with Crippen LogP contribution in [0, 0.1) is 0 Å². The molecule has 0 saturated heterocycles. The number of furan rings is 1. The van der Waals surface area contributed by atoms with Crippen LogP contribution in [0.1, 0.15) is 5.76 Å². The van der Waals surface area contributed by atoms with Crippen LogP contribution in [0.2, 0.25) is 0 Å². The summed E-state index contributed by atoms with van der Waals surface area (Å²) in [6.07, 6.45) is 2.51. The number of thiazole rings is 1. The lowest BCUT2D eigenvalue weighted by Gasteiger charge is -2.00. The molecule has 0 atom stereocenters. The molecule has 0 fully saturated rings. The Bertz CT molecular complexity index is 835. The van der Waals surface area contributed by atoms with Gasteiger partial charge in [0, 0.05) is 11.6 Å². The fourth-order valence-corrected chi connectivity index (χ4v) is 3.48. The van der Waals surface area contributed by atoms with Crippen LogP contribution in [0.3, 0.4) is 0 Å². The molecule has 0 spiro atoms. The van der Waals surface area contributed by atoms with Gasteiger partial charge in [-0.25, -0.2) is 13.4 Å². The highest BCUT2D eigenvalue weighted by Crippen LogP contribution is 2.27. The number of aromatic nitrogens is 3. The van der Waals surface area contributed by atoms with E-state index in [1.807, 2.05) is 0 Å². The van der Waals surface area contributed by atoms with Gasteiger partial charge in [-0.15, -0.1) is 11.3 Å². The van der Waals surface area contributed by atoms with Gasteiger partial charge in [-0.2, -0.15) is 5.10 Å². The van der Waals surface area contributed by atoms with Gasteiger partial charge in [0.1, 0.15) is 16.3 Å². The van der Waals surface area contributed by atoms with Gasteiger partial charge >= 0.3 is 0 Å². The molecule has 21 heavy (non-hydrogen) atoms. The molecule has 0 unspecified atom stereocenters. The van der Waals surface area contributed by atoms with E-state index in [-0.39, 0.29) is 10.0 Å². The minimum Gasteiger partial charge on any atom is -0.458 e. The maximum Gasteiger partial charge on any atom is 0.266 e. The topological polar surface area (TPSA) is 127 Å². The molecule has 0 aliphatic rings. The van der Waals surface area contributed by atoms with Crippen LogP contribution in [-0.2, 0) is 16.6 Å². The molecule has 3 aromatic heterocycles. The largest absolute Gasteiger partial charge is 0.458 e. The number of rotatable bonds is 5. The van der Waals surface area contributed by atoms with Crippen molar-refractivity contribution in [3.8, 4) is 11.5 Å². The molecule has 0 bridgehead atoms. The number of hydrogen-bond acceptors (Lipinski definition) is 7. The van der Waals surface area contributed by atoms with Crippen LogP contribution >= 0.6 is 11.3 Å². The molecule has 3 heterocycles. The van der Waals surface area contributed by atoms with E-state index in [1.54, 1.807) is 17.5 Å². The van der Waals surface area contributed by atoms with Crippen molar-refractivity contribution >= 4 is 26.5 Å². The van der Waals surface area contributed by atoms with Gasteiger partial charge in [0.05, 0.1) is 12.7 Å². The first-order valence-electron chi connectivity index (χ1n) is 5.85. The second-order valence-electron chi connectivity index (χ2n) is 4.05. The van der Waals surface area contributed by atoms with Gasteiger partial charge in [0.15, 0.2) is 10.9 Å².